The molecule has 1 aliphatic rings. The number of hydrogen-bond donors (Lipinski definition) is 2. The molecule has 0 spiro atoms. The van der Waals surface area contributed by atoms with Crippen molar-refractivity contribution in [3.05, 3.63) is 59.7 Å². The van der Waals surface area contributed by atoms with Crippen molar-refractivity contribution in [3.8, 4) is 0 Å². The zero-order valence-corrected chi connectivity index (χ0v) is 11.8. The van der Waals surface area contributed by atoms with Gasteiger partial charge in [0.25, 0.3) is 0 Å². The van der Waals surface area contributed by atoms with E-state index >= 15 is 0 Å². The molecule has 20 heavy (non-hydrogen) atoms. The highest BCUT2D eigenvalue weighted by Gasteiger charge is 2.28. The molecule has 2 heteroatoms. The molecule has 0 aliphatic heterocycles. The molecule has 0 saturated heterocycles. The quantitative estimate of drug-likeness (QED) is 0.796. The number of nitrogen functional groups attached to an aromatic ring is 2. The summed E-state index contributed by atoms with van der Waals surface area (Å²) < 4.78 is 0. The van der Waals surface area contributed by atoms with Crippen molar-refractivity contribution in [2.75, 3.05) is 11.5 Å². The molecule has 0 bridgehead atoms. The molecule has 3 rings (SSSR count). The van der Waals surface area contributed by atoms with Crippen LogP contribution < -0.4 is 11.5 Å². The van der Waals surface area contributed by atoms with Crippen LogP contribution in [0.4, 0.5) is 11.4 Å². The van der Waals surface area contributed by atoms with Crippen molar-refractivity contribution < 1.29 is 0 Å². The zero-order valence-electron chi connectivity index (χ0n) is 11.8. The monoisotopic (exact) mass is 266 g/mol. The molecule has 2 aromatic rings. The van der Waals surface area contributed by atoms with Gasteiger partial charge in [-0.15, -0.1) is 0 Å². The molecule has 0 aromatic heterocycles. The molecular formula is C18H22N2. The van der Waals surface area contributed by atoms with Crippen LogP contribution in [0, 0.1) is 0 Å². The van der Waals surface area contributed by atoms with E-state index in [-0.39, 0.29) is 0 Å². The summed E-state index contributed by atoms with van der Waals surface area (Å²) in [6, 6.07) is 16.7. The smallest absolute Gasteiger partial charge is 0.0351 e. The second-order valence-electron chi connectivity index (χ2n) is 5.80. The average Bonchev–Trinajstić information content (AvgIpc) is 2.51. The van der Waals surface area contributed by atoms with E-state index in [0.29, 0.717) is 11.8 Å². The Balaban J connectivity index is 1.99. The molecule has 4 N–H and O–H groups in total. The van der Waals surface area contributed by atoms with Crippen LogP contribution in [0.1, 0.15) is 48.6 Å². The Hall–Kier alpha value is -1.96. The highest BCUT2D eigenvalue weighted by Crippen LogP contribution is 2.45. The second kappa shape index (κ2) is 5.58. The van der Waals surface area contributed by atoms with Gasteiger partial charge in [0.2, 0.25) is 0 Å². The van der Waals surface area contributed by atoms with E-state index in [1.165, 1.54) is 36.8 Å². The van der Waals surface area contributed by atoms with Crippen LogP contribution in [0.2, 0.25) is 0 Å². The summed E-state index contributed by atoms with van der Waals surface area (Å²) in [5.41, 5.74) is 16.5. The second-order valence-corrected chi connectivity index (χ2v) is 5.80. The Kier molecular flexibility index (Phi) is 3.64. The number of rotatable bonds is 2. The molecule has 1 saturated carbocycles. The van der Waals surface area contributed by atoms with Gasteiger partial charge in [0, 0.05) is 11.4 Å². The summed E-state index contributed by atoms with van der Waals surface area (Å²) in [6.07, 6.45) is 5.02. The molecule has 1 fully saturated rings. The SMILES string of the molecule is Nc1ccc(N)c(C2CCCCC2c2ccccc2)c1. The largest absolute Gasteiger partial charge is 0.399 e. The topological polar surface area (TPSA) is 52.0 Å². The summed E-state index contributed by atoms with van der Waals surface area (Å²) >= 11 is 0. The van der Waals surface area contributed by atoms with Crippen LogP contribution in [-0.4, -0.2) is 0 Å². The summed E-state index contributed by atoms with van der Waals surface area (Å²) in [5, 5.41) is 0. The standard InChI is InChI=1S/C18H22N2/c19-14-10-11-18(20)17(12-14)16-9-5-4-8-15(16)13-6-2-1-3-7-13/h1-3,6-7,10-12,15-16H,4-5,8-9,19-20H2. The third kappa shape index (κ3) is 2.51. The first-order chi connectivity index (χ1) is 9.75. The van der Waals surface area contributed by atoms with E-state index in [1.54, 1.807) is 0 Å². The van der Waals surface area contributed by atoms with E-state index in [1.807, 2.05) is 12.1 Å². The maximum Gasteiger partial charge on any atom is 0.0351 e. The maximum absolute atomic E-state index is 6.21. The van der Waals surface area contributed by atoms with Gasteiger partial charge < -0.3 is 11.5 Å². The Morgan fingerprint density at radius 1 is 0.800 bits per heavy atom. The van der Waals surface area contributed by atoms with Gasteiger partial charge in [0.1, 0.15) is 0 Å². The van der Waals surface area contributed by atoms with Gasteiger partial charge >= 0.3 is 0 Å². The number of hydrogen-bond acceptors (Lipinski definition) is 2. The van der Waals surface area contributed by atoms with Gasteiger partial charge in [0.05, 0.1) is 0 Å². The first-order valence-corrected chi connectivity index (χ1v) is 7.45. The first-order valence-electron chi connectivity index (χ1n) is 7.45. The zero-order chi connectivity index (χ0) is 13.9. The van der Waals surface area contributed by atoms with Crippen LogP contribution in [0.25, 0.3) is 0 Å². The maximum atomic E-state index is 6.21. The third-order valence-corrected chi connectivity index (χ3v) is 4.50. The number of anilines is 2. The van der Waals surface area contributed by atoms with Crippen molar-refractivity contribution in [2.24, 2.45) is 0 Å². The lowest BCUT2D eigenvalue weighted by atomic mass is 9.72. The van der Waals surface area contributed by atoms with E-state index in [2.05, 4.69) is 36.4 Å². The Morgan fingerprint density at radius 3 is 2.25 bits per heavy atom. The summed E-state index contributed by atoms with van der Waals surface area (Å²) in [4.78, 5) is 0. The fourth-order valence-corrected chi connectivity index (χ4v) is 3.52. The third-order valence-electron chi connectivity index (χ3n) is 4.50. The number of benzene rings is 2. The minimum Gasteiger partial charge on any atom is -0.399 e. The van der Waals surface area contributed by atoms with Crippen molar-refractivity contribution in [2.45, 2.75) is 37.5 Å². The van der Waals surface area contributed by atoms with Crippen LogP contribution in [0.3, 0.4) is 0 Å². The number of nitrogens with two attached hydrogens (primary N) is 2. The van der Waals surface area contributed by atoms with Crippen LogP contribution >= 0.6 is 0 Å². The van der Waals surface area contributed by atoms with Crippen LogP contribution in [0.15, 0.2) is 48.5 Å². The average molecular weight is 266 g/mol. The molecule has 2 atom stereocenters. The molecule has 0 heterocycles. The molecular weight excluding hydrogens is 244 g/mol. The minimum absolute atomic E-state index is 0.495. The molecule has 2 unspecified atom stereocenters. The van der Waals surface area contributed by atoms with Gasteiger partial charge in [-0.05, 0) is 54.0 Å². The van der Waals surface area contributed by atoms with E-state index in [0.717, 1.165) is 11.4 Å². The lowest BCUT2D eigenvalue weighted by Crippen LogP contribution is -2.17. The fourth-order valence-electron chi connectivity index (χ4n) is 3.52. The van der Waals surface area contributed by atoms with Crippen molar-refractivity contribution in [1.29, 1.82) is 0 Å². The normalized spacial score (nSPS) is 22.6. The van der Waals surface area contributed by atoms with Crippen molar-refractivity contribution in [3.63, 3.8) is 0 Å². The van der Waals surface area contributed by atoms with Gasteiger partial charge in [-0.25, -0.2) is 0 Å². The molecule has 0 amide bonds. The predicted molar refractivity (Wildman–Crippen MR) is 85.7 cm³/mol. The predicted octanol–water partition coefficient (Wildman–Crippen LogP) is 4.29. The molecule has 2 nitrogen and oxygen atoms in total. The van der Waals surface area contributed by atoms with E-state index in [9.17, 15) is 0 Å². The molecule has 2 aromatic carbocycles. The fraction of sp³-hybridized carbons (Fsp3) is 0.333. The van der Waals surface area contributed by atoms with Gasteiger partial charge in [-0.1, -0.05) is 43.2 Å². The molecule has 1 aliphatic carbocycles. The van der Waals surface area contributed by atoms with Crippen LogP contribution in [-0.2, 0) is 0 Å². The minimum atomic E-state index is 0.495. The Morgan fingerprint density at radius 2 is 1.50 bits per heavy atom. The summed E-state index contributed by atoms with van der Waals surface area (Å²) in [7, 11) is 0. The lowest BCUT2D eigenvalue weighted by molar-refractivity contribution is 0.387. The molecule has 0 radical (unpaired) electrons. The summed E-state index contributed by atoms with van der Waals surface area (Å²) in [6.45, 7) is 0. The molecule has 104 valence electrons. The summed E-state index contributed by atoms with van der Waals surface area (Å²) in [5.74, 6) is 1.06. The van der Waals surface area contributed by atoms with Gasteiger partial charge in [-0.2, -0.15) is 0 Å². The Labute approximate surface area is 120 Å². The van der Waals surface area contributed by atoms with E-state index < -0.39 is 0 Å². The van der Waals surface area contributed by atoms with E-state index in [4.69, 9.17) is 11.5 Å². The van der Waals surface area contributed by atoms with Crippen LogP contribution in [0.5, 0.6) is 0 Å². The van der Waals surface area contributed by atoms with Gasteiger partial charge in [-0.3, -0.25) is 0 Å². The first kappa shape index (κ1) is 13.0. The highest BCUT2D eigenvalue weighted by molar-refractivity contribution is 5.57. The Bertz CT molecular complexity index is 577. The highest BCUT2D eigenvalue weighted by atomic mass is 14.6. The van der Waals surface area contributed by atoms with Gasteiger partial charge in [0.15, 0.2) is 0 Å². The van der Waals surface area contributed by atoms with Crippen molar-refractivity contribution in [1.82, 2.24) is 0 Å². The van der Waals surface area contributed by atoms with Crippen molar-refractivity contribution >= 4 is 11.4 Å². The lowest BCUT2D eigenvalue weighted by Gasteiger charge is -2.33.